The number of benzene rings is 1. The van der Waals surface area contributed by atoms with Crippen molar-refractivity contribution in [2.75, 3.05) is 6.61 Å². The first-order chi connectivity index (χ1) is 10.7. The van der Waals surface area contributed by atoms with E-state index in [2.05, 4.69) is 0 Å². The van der Waals surface area contributed by atoms with Gasteiger partial charge in [-0.3, -0.25) is 4.79 Å². The van der Waals surface area contributed by atoms with Gasteiger partial charge in [-0.2, -0.15) is 0 Å². The van der Waals surface area contributed by atoms with E-state index < -0.39 is 6.10 Å². The van der Waals surface area contributed by atoms with Gasteiger partial charge in [-0.15, -0.1) is 0 Å². The normalized spacial score (nSPS) is 32.7. The zero-order valence-electron chi connectivity index (χ0n) is 12.4. The lowest BCUT2D eigenvalue weighted by Gasteiger charge is -2.37. The first-order valence-electron chi connectivity index (χ1n) is 7.99. The van der Waals surface area contributed by atoms with Gasteiger partial charge in [0.1, 0.15) is 0 Å². The quantitative estimate of drug-likeness (QED) is 0.835. The van der Waals surface area contributed by atoms with E-state index in [1.54, 1.807) is 12.1 Å². The second kappa shape index (κ2) is 4.85. The monoisotopic (exact) mass is 300 g/mol. The molecule has 0 saturated heterocycles. The summed E-state index contributed by atoms with van der Waals surface area (Å²) >= 11 is 0. The Labute approximate surface area is 129 Å². The Hall–Kier alpha value is -1.81. The van der Waals surface area contributed by atoms with Crippen molar-refractivity contribution in [1.82, 2.24) is 0 Å². The van der Waals surface area contributed by atoms with Gasteiger partial charge in [-0.1, -0.05) is 18.6 Å². The molecule has 0 radical (unpaired) electrons. The van der Waals surface area contributed by atoms with E-state index in [0.717, 1.165) is 43.2 Å². The molecule has 0 amide bonds. The summed E-state index contributed by atoms with van der Waals surface area (Å²) in [5.74, 6) is 0.826. The summed E-state index contributed by atoms with van der Waals surface area (Å²) in [5, 5.41) is 19.8. The van der Waals surface area contributed by atoms with Gasteiger partial charge in [0.2, 0.25) is 0 Å². The van der Waals surface area contributed by atoms with Crippen molar-refractivity contribution in [2.45, 2.75) is 43.6 Å². The molecule has 0 unspecified atom stereocenters. The third-order valence-electron chi connectivity index (χ3n) is 5.48. The highest BCUT2D eigenvalue weighted by molar-refractivity contribution is 5.97. The van der Waals surface area contributed by atoms with E-state index in [4.69, 9.17) is 4.74 Å². The van der Waals surface area contributed by atoms with Gasteiger partial charge in [-0.05, 0) is 49.3 Å². The summed E-state index contributed by atoms with van der Waals surface area (Å²) in [4.78, 5) is 12.3. The number of carbonyl (C=O) groups is 1. The molecule has 4 heteroatoms. The van der Waals surface area contributed by atoms with Crippen molar-refractivity contribution in [2.24, 2.45) is 5.92 Å². The summed E-state index contributed by atoms with van der Waals surface area (Å²) in [5.41, 5.74) is 1.78. The van der Waals surface area contributed by atoms with E-state index in [-0.39, 0.29) is 29.5 Å². The maximum atomic E-state index is 12.3. The Morgan fingerprint density at radius 3 is 3.05 bits per heavy atom. The molecular weight excluding hydrogens is 280 g/mol. The third-order valence-corrected chi connectivity index (χ3v) is 5.48. The highest BCUT2D eigenvalue weighted by atomic mass is 16.5. The molecule has 0 saturated carbocycles. The predicted molar refractivity (Wildman–Crippen MR) is 81.1 cm³/mol. The van der Waals surface area contributed by atoms with Gasteiger partial charge in [0.15, 0.2) is 23.4 Å². The maximum Gasteiger partial charge on any atom is 0.196 e. The van der Waals surface area contributed by atoms with Crippen LogP contribution in [0.1, 0.15) is 36.8 Å². The van der Waals surface area contributed by atoms with Crippen molar-refractivity contribution < 1.29 is 19.7 Å². The van der Waals surface area contributed by atoms with Crippen LogP contribution in [0.5, 0.6) is 11.5 Å². The zero-order chi connectivity index (χ0) is 15.3. The lowest BCUT2D eigenvalue weighted by Crippen LogP contribution is -2.46. The molecule has 2 aliphatic carbocycles. The molecule has 1 aliphatic heterocycles. The second-order valence-corrected chi connectivity index (χ2v) is 6.76. The molecule has 2 N–H and O–H groups in total. The van der Waals surface area contributed by atoms with E-state index in [0.29, 0.717) is 5.75 Å². The maximum absolute atomic E-state index is 12.3. The fraction of sp³-hybridized carbons (Fsp3) is 0.500. The molecule has 0 aromatic heterocycles. The molecule has 22 heavy (non-hydrogen) atoms. The largest absolute Gasteiger partial charge is 0.504 e. The first-order valence-corrected chi connectivity index (χ1v) is 7.99. The van der Waals surface area contributed by atoms with E-state index in [9.17, 15) is 15.0 Å². The SMILES string of the molecule is O=C1C=CC[C@@]23CCC[C@@H](CO)Cc4ccc(O)c(c42)O[C@@H]13. The Morgan fingerprint density at radius 2 is 2.23 bits per heavy atom. The van der Waals surface area contributed by atoms with Crippen LogP contribution in [0.2, 0.25) is 0 Å². The molecule has 1 aromatic carbocycles. The van der Waals surface area contributed by atoms with Gasteiger partial charge in [0.25, 0.3) is 0 Å². The van der Waals surface area contributed by atoms with Crippen LogP contribution in [-0.4, -0.2) is 28.7 Å². The highest BCUT2D eigenvalue weighted by Crippen LogP contribution is 2.56. The molecule has 1 aromatic rings. The van der Waals surface area contributed by atoms with E-state index in [1.807, 2.05) is 12.1 Å². The summed E-state index contributed by atoms with van der Waals surface area (Å²) in [6.45, 7) is 0.172. The van der Waals surface area contributed by atoms with Crippen LogP contribution in [0.3, 0.4) is 0 Å². The molecule has 4 rings (SSSR count). The van der Waals surface area contributed by atoms with Crippen molar-refractivity contribution in [3.63, 3.8) is 0 Å². The van der Waals surface area contributed by atoms with Crippen molar-refractivity contribution in [3.8, 4) is 11.5 Å². The number of rotatable bonds is 1. The molecule has 3 atom stereocenters. The zero-order valence-corrected chi connectivity index (χ0v) is 12.4. The Balaban J connectivity index is 1.92. The highest BCUT2D eigenvalue weighted by Gasteiger charge is 2.54. The lowest BCUT2D eigenvalue weighted by atomic mass is 9.64. The Bertz CT molecular complexity index is 663. The number of ether oxygens (including phenoxy) is 1. The number of hydrogen-bond donors (Lipinski definition) is 2. The van der Waals surface area contributed by atoms with Gasteiger partial charge in [-0.25, -0.2) is 0 Å². The van der Waals surface area contributed by atoms with Crippen molar-refractivity contribution in [1.29, 1.82) is 0 Å². The van der Waals surface area contributed by atoms with Crippen LogP contribution < -0.4 is 4.74 Å². The average molecular weight is 300 g/mol. The number of phenolic OH excluding ortho intramolecular Hbond substituents is 1. The van der Waals surface area contributed by atoms with Gasteiger partial charge in [0, 0.05) is 17.6 Å². The number of phenols is 1. The minimum Gasteiger partial charge on any atom is -0.504 e. The molecule has 116 valence electrons. The van der Waals surface area contributed by atoms with Gasteiger partial charge < -0.3 is 14.9 Å². The van der Waals surface area contributed by atoms with E-state index >= 15 is 0 Å². The Morgan fingerprint density at radius 1 is 1.36 bits per heavy atom. The third kappa shape index (κ3) is 1.76. The Kier molecular flexibility index (Phi) is 3.05. The standard InChI is InChI=1S/C18H20O4/c19-10-11-3-1-7-18-8-2-4-14(21)17(18)22-16-13(20)6-5-12(9-11)15(16)18/h2,4-6,11,17,19-20H,1,3,7-10H2/t11-,17+,18+/m1/s1. The summed E-state index contributed by atoms with van der Waals surface area (Å²) in [6.07, 6.45) is 7.35. The number of aliphatic hydroxyl groups excluding tert-OH is 1. The number of ketones is 1. The summed E-state index contributed by atoms with van der Waals surface area (Å²) in [6, 6.07) is 3.57. The minimum absolute atomic E-state index is 0.00733. The molecular formula is C18H20O4. The summed E-state index contributed by atoms with van der Waals surface area (Å²) < 4.78 is 5.94. The molecule has 4 nitrogen and oxygen atoms in total. The van der Waals surface area contributed by atoms with Crippen LogP contribution >= 0.6 is 0 Å². The van der Waals surface area contributed by atoms with Crippen LogP contribution in [0.25, 0.3) is 0 Å². The smallest absolute Gasteiger partial charge is 0.196 e. The number of carbonyl (C=O) groups excluding carboxylic acids is 1. The van der Waals surface area contributed by atoms with Crippen LogP contribution in [-0.2, 0) is 16.6 Å². The molecule has 0 bridgehead atoms. The van der Waals surface area contributed by atoms with Crippen LogP contribution in [0.4, 0.5) is 0 Å². The van der Waals surface area contributed by atoms with Crippen LogP contribution in [0, 0.1) is 5.92 Å². The molecule has 1 heterocycles. The molecule has 3 aliphatic rings. The fourth-order valence-electron chi connectivity index (χ4n) is 4.45. The van der Waals surface area contributed by atoms with Crippen molar-refractivity contribution >= 4 is 5.78 Å². The van der Waals surface area contributed by atoms with Crippen molar-refractivity contribution in [3.05, 3.63) is 35.4 Å². The topological polar surface area (TPSA) is 66.8 Å². The molecule has 1 spiro atoms. The van der Waals surface area contributed by atoms with Gasteiger partial charge >= 0.3 is 0 Å². The van der Waals surface area contributed by atoms with E-state index in [1.165, 1.54) is 0 Å². The number of aromatic hydroxyl groups is 1. The fourth-order valence-corrected chi connectivity index (χ4v) is 4.45. The lowest BCUT2D eigenvalue weighted by molar-refractivity contribution is -0.123. The van der Waals surface area contributed by atoms with Crippen LogP contribution in [0.15, 0.2) is 24.3 Å². The predicted octanol–water partition coefficient (Wildman–Crippen LogP) is 2.25. The first kappa shape index (κ1) is 13.8. The average Bonchev–Trinajstić information content (AvgIpc) is 2.84. The minimum atomic E-state index is -0.509. The number of hydrogen-bond acceptors (Lipinski definition) is 4. The second-order valence-electron chi connectivity index (χ2n) is 6.76. The van der Waals surface area contributed by atoms with Gasteiger partial charge in [0.05, 0.1) is 0 Å². The summed E-state index contributed by atoms with van der Waals surface area (Å²) in [7, 11) is 0. The molecule has 0 fully saturated rings. The number of allylic oxidation sites excluding steroid dienone is 1. The number of aliphatic hydroxyl groups is 1.